The van der Waals surface area contributed by atoms with Gasteiger partial charge in [0, 0.05) is 19.3 Å². The lowest BCUT2D eigenvalue weighted by Crippen LogP contribution is -2.50. The molecule has 0 saturated heterocycles. The maximum Gasteiger partial charge on any atom is 0.362 e. The van der Waals surface area contributed by atoms with Gasteiger partial charge < -0.3 is 23.8 Å². The Morgan fingerprint density at radius 2 is 0.824 bits per heavy atom. The first kappa shape index (κ1) is 65.5. The molecule has 68 heavy (non-hydrogen) atoms. The average molecular weight is 960 g/mol. The van der Waals surface area contributed by atoms with Gasteiger partial charge in [-0.1, -0.05) is 249 Å². The number of carboxylic acids is 1. The second kappa shape index (κ2) is 50.9. The first-order chi connectivity index (χ1) is 33.1. The van der Waals surface area contributed by atoms with Gasteiger partial charge in [-0.2, -0.15) is 0 Å². The smallest absolute Gasteiger partial charge is 0.362 e. The van der Waals surface area contributed by atoms with Crippen molar-refractivity contribution in [3.8, 4) is 0 Å². The number of aliphatic carboxylic acids is 1. The van der Waals surface area contributed by atoms with Crippen LogP contribution < -0.4 is 0 Å². The van der Waals surface area contributed by atoms with E-state index in [0.717, 1.165) is 57.8 Å². The molecule has 2 unspecified atom stereocenters. The SMILES string of the molecule is CC/C=C/C/C=C/C/C=C/CCCCCCCCCCCCCC(=O)OC(COCCC(C(=O)O)[N+](C)(C)C)COC(=O)CCCCCCCCCCCCCCCCCCCCCCCCC. The van der Waals surface area contributed by atoms with Crippen LogP contribution in [0.3, 0.4) is 0 Å². The van der Waals surface area contributed by atoms with Crippen molar-refractivity contribution in [1.82, 2.24) is 0 Å². The number of carbonyl (C=O) groups excluding carboxylic acids is 2. The number of hydrogen-bond acceptors (Lipinski definition) is 6. The van der Waals surface area contributed by atoms with Crippen LogP contribution in [-0.2, 0) is 28.6 Å². The number of allylic oxidation sites excluding steroid dienone is 6. The first-order valence-electron chi connectivity index (χ1n) is 29.0. The molecule has 0 aromatic carbocycles. The van der Waals surface area contributed by atoms with E-state index in [4.69, 9.17) is 14.2 Å². The van der Waals surface area contributed by atoms with Gasteiger partial charge in [0.25, 0.3) is 0 Å². The van der Waals surface area contributed by atoms with E-state index in [-0.39, 0.29) is 36.2 Å². The molecule has 0 spiro atoms. The van der Waals surface area contributed by atoms with E-state index in [9.17, 15) is 19.5 Å². The van der Waals surface area contributed by atoms with Gasteiger partial charge in [-0.05, 0) is 44.9 Å². The van der Waals surface area contributed by atoms with Gasteiger partial charge in [-0.15, -0.1) is 0 Å². The fraction of sp³-hybridized carbons (Fsp3) is 0.850. The fourth-order valence-electron chi connectivity index (χ4n) is 8.87. The summed E-state index contributed by atoms with van der Waals surface area (Å²) in [7, 11) is 5.55. The normalized spacial score (nSPS) is 13.0. The first-order valence-corrected chi connectivity index (χ1v) is 29.0. The number of rotatable bonds is 53. The Hall–Kier alpha value is -2.45. The third kappa shape index (κ3) is 48.6. The second-order valence-corrected chi connectivity index (χ2v) is 20.9. The minimum absolute atomic E-state index is 0.0475. The molecule has 0 radical (unpaired) electrons. The van der Waals surface area contributed by atoms with Crippen LogP contribution in [0, 0.1) is 0 Å². The van der Waals surface area contributed by atoms with Gasteiger partial charge in [-0.25, -0.2) is 4.79 Å². The summed E-state index contributed by atoms with van der Waals surface area (Å²) in [4.78, 5) is 37.3. The van der Waals surface area contributed by atoms with Crippen molar-refractivity contribution >= 4 is 17.9 Å². The molecule has 0 amide bonds. The minimum Gasteiger partial charge on any atom is -0.477 e. The van der Waals surface area contributed by atoms with Crippen molar-refractivity contribution in [2.24, 2.45) is 0 Å². The molecule has 398 valence electrons. The summed E-state index contributed by atoms with van der Waals surface area (Å²) in [6.45, 7) is 4.68. The van der Waals surface area contributed by atoms with E-state index in [1.54, 1.807) is 0 Å². The number of hydrogen-bond donors (Lipinski definition) is 1. The molecular formula is C60H112NO7+. The molecule has 0 heterocycles. The number of likely N-dealkylation sites (N-methyl/N-ethyl adjacent to an activating group) is 1. The van der Waals surface area contributed by atoms with Crippen LogP contribution in [0.1, 0.15) is 277 Å². The lowest BCUT2D eigenvalue weighted by atomic mass is 10.0. The maximum atomic E-state index is 12.8. The molecule has 0 fully saturated rings. The highest BCUT2D eigenvalue weighted by Crippen LogP contribution is 2.17. The van der Waals surface area contributed by atoms with Gasteiger partial charge in [0.15, 0.2) is 12.1 Å². The molecule has 8 nitrogen and oxygen atoms in total. The molecule has 1 N–H and O–H groups in total. The highest BCUT2D eigenvalue weighted by Gasteiger charge is 2.31. The van der Waals surface area contributed by atoms with Crippen LogP contribution in [-0.4, -0.2) is 80.6 Å². The standard InChI is InChI=1S/C60H111NO7/c1-6-8-10-12-14-16-18-20-22-24-26-28-29-31-32-34-36-38-40-42-44-46-48-50-58(62)67-55-56(54-66-53-52-57(60(64)65)61(3,4)5)68-59(63)51-49-47-45-43-41-39-37-35-33-30-27-25-23-21-19-17-15-13-11-9-7-2/h9,11,15,17,21,23,56-57H,6-8,10,12-14,16,18-20,22,24-55H2,1-5H3/p+1/b11-9+,17-15+,23-21+. The van der Waals surface area contributed by atoms with Crippen LogP contribution >= 0.6 is 0 Å². The van der Waals surface area contributed by atoms with Crippen LogP contribution in [0.2, 0.25) is 0 Å². The zero-order valence-corrected chi connectivity index (χ0v) is 45.6. The number of carbonyl (C=O) groups is 3. The summed E-state index contributed by atoms with van der Waals surface area (Å²) in [5.41, 5.74) is 0. The molecule has 0 aromatic rings. The molecular weight excluding hydrogens is 847 g/mol. The highest BCUT2D eigenvalue weighted by molar-refractivity contribution is 5.72. The van der Waals surface area contributed by atoms with E-state index in [0.29, 0.717) is 19.3 Å². The van der Waals surface area contributed by atoms with Crippen LogP contribution in [0.15, 0.2) is 36.5 Å². The molecule has 0 bridgehead atoms. The highest BCUT2D eigenvalue weighted by atomic mass is 16.6. The Bertz CT molecular complexity index is 1210. The Balaban J connectivity index is 4.12. The van der Waals surface area contributed by atoms with E-state index in [1.165, 1.54) is 186 Å². The van der Waals surface area contributed by atoms with Gasteiger partial charge in [0.1, 0.15) is 6.61 Å². The Labute approximate surface area is 421 Å². The maximum absolute atomic E-state index is 12.8. The molecule has 0 aliphatic carbocycles. The third-order valence-corrected chi connectivity index (χ3v) is 13.3. The van der Waals surface area contributed by atoms with Crippen LogP contribution in [0.4, 0.5) is 0 Å². The molecule has 0 aliphatic rings. The predicted molar refractivity (Wildman–Crippen MR) is 289 cm³/mol. The van der Waals surface area contributed by atoms with E-state index in [2.05, 4.69) is 50.3 Å². The predicted octanol–water partition coefficient (Wildman–Crippen LogP) is 17.3. The Kier molecular flexibility index (Phi) is 49.1. The zero-order chi connectivity index (χ0) is 49.9. The molecule has 0 rings (SSSR count). The summed E-state index contributed by atoms with van der Waals surface area (Å²) in [6.07, 6.45) is 62.1. The number of nitrogens with zero attached hydrogens (tertiary/aromatic N) is 1. The lowest BCUT2D eigenvalue weighted by Gasteiger charge is -2.31. The largest absolute Gasteiger partial charge is 0.477 e. The summed E-state index contributed by atoms with van der Waals surface area (Å²) >= 11 is 0. The fourth-order valence-corrected chi connectivity index (χ4v) is 8.87. The van der Waals surface area contributed by atoms with E-state index >= 15 is 0 Å². The summed E-state index contributed by atoms with van der Waals surface area (Å²) < 4.78 is 17.4. The van der Waals surface area contributed by atoms with Crippen molar-refractivity contribution in [3.63, 3.8) is 0 Å². The van der Waals surface area contributed by atoms with Crippen LogP contribution in [0.5, 0.6) is 0 Å². The lowest BCUT2D eigenvalue weighted by molar-refractivity contribution is -0.887. The minimum atomic E-state index is -0.871. The van der Waals surface area contributed by atoms with Crippen molar-refractivity contribution in [2.75, 3.05) is 41.0 Å². The van der Waals surface area contributed by atoms with Gasteiger partial charge in [0.2, 0.25) is 0 Å². The number of quaternary nitrogens is 1. The molecule has 0 aromatic heterocycles. The van der Waals surface area contributed by atoms with E-state index in [1.807, 2.05) is 21.1 Å². The second-order valence-electron chi connectivity index (χ2n) is 20.9. The van der Waals surface area contributed by atoms with Crippen molar-refractivity contribution < 1.29 is 38.2 Å². The monoisotopic (exact) mass is 959 g/mol. The quantitative estimate of drug-likeness (QED) is 0.0281. The summed E-state index contributed by atoms with van der Waals surface area (Å²) in [5.74, 6) is -1.45. The van der Waals surface area contributed by atoms with Gasteiger partial charge >= 0.3 is 17.9 Å². The van der Waals surface area contributed by atoms with Crippen LogP contribution in [0.25, 0.3) is 0 Å². The number of unbranched alkanes of at least 4 members (excludes halogenated alkanes) is 33. The third-order valence-electron chi connectivity index (χ3n) is 13.3. The topological polar surface area (TPSA) is 99.1 Å². The molecule has 2 atom stereocenters. The van der Waals surface area contributed by atoms with Gasteiger partial charge in [0.05, 0.1) is 34.4 Å². The summed E-state index contributed by atoms with van der Waals surface area (Å²) in [6, 6.07) is -0.614. The summed E-state index contributed by atoms with van der Waals surface area (Å²) in [5, 5.41) is 9.68. The molecule has 0 aliphatic heterocycles. The number of esters is 2. The van der Waals surface area contributed by atoms with Crippen molar-refractivity contribution in [1.29, 1.82) is 0 Å². The van der Waals surface area contributed by atoms with Crippen molar-refractivity contribution in [2.45, 2.75) is 289 Å². The zero-order valence-electron chi connectivity index (χ0n) is 45.6. The average Bonchev–Trinajstić information content (AvgIpc) is 3.30. The van der Waals surface area contributed by atoms with Crippen molar-refractivity contribution in [3.05, 3.63) is 36.5 Å². The number of ether oxygens (including phenoxy) is 3. The van der Waals surface area contributed by atoms with E-state index < -0.39 is 18.1 Å². The number of carboxylic acid groups (broad SMARTS) is 1. The van der Waals surface area contributed by atoms with Gasteiger partial charge in [-0.3, -0.25) is 9.59 Å². The Morgan fingerprint density at radius 3 is 1.22 bits per heavy atom. The molecule has 0 saturated carbocycles. The Morgan fingerprint density at radius 1 is 0.456 bits per heavy atom. The molecule has 8 heteroatoms.